The Morgan fingerprint density at radius 2 is 2.08 bits per heavy atom. The molecule has 2 saturated heterocycles. The standard InChI is InChI=1S/C8H15NO4/c1-8(2)12-6-5(10)4(3-9)11-7(6)13-8/h4-7,10H,3,9H2,1-2H3/t4-,5?,6-,7-/m1/s1. The van der Waals surface area contributed by atoms with Crippen molar-refractivity contribution in [2.75, 3.05) is 6.54 Å². The highest BCUT2D eigenvalue weighted by Gasteiger charge is 2.53. The maximum atomic E-state index is 9.68. The highest BCUT2D eigenvalue weighted by Crippen LogP contribution is 2.36. The van der Waals surface area contributed by atoms with E-state index in [-0.39, 0.29) is 12.6 Å². The van der Waals surface area contributed by atoms with E-state index in [0.717, 1.165) is 0 Å². The molecule has 0 bridgehead atoms. The van der Waals surface area contributed by atoms with Gasteiger partial charge in [0.25, 0.3) is 0 Å². The van der Waals surface area contributed by atoms with E-state index in [9.17, 15) is 5.11 Å². The fourth-order valence-corrected chi connectivity index (χ4v) is 1.75. The first-order valence-corrected chi connectivity index (χ1v) is 4.43. The number of ether oxygens (including phenoxy) is 3. The zero-order chi connectivity index (χ0) is 9.64. The van der Waals surface area contributed by atoms with Crippen LogP contribution < -0.4 is 5.73 Å². The zero-order valence-corrected chi connectivity index (χ0v) is 7.77. The summed E-state index contributed by atoms with van der Waals surface area (Å²) in [7, 11) is 0. The summed E-state index contributed by atoms with van der Waals surface area (Å²) in [6.45, 7) is 3.86. The molecule has 2 rings (SSSR count). The van der Waals surface area contributed by atoms with Crippen LogP contribution in [0.5, 0.6) is 0 Å². The third-order valence-electron chi connectivity index (χ3n) is 2.35. The Labute approximate surface area is 76.8 Å². The van der Waals surface area contributed by atoms with Crippen LogP contribution in [-0.4, -0.2) is 42.0 Å². The maximum absolute atomic E-state index is 9.68. The van der Waals surface area contributed by atoms with E-state index < -0.39 is 24.3 Å². The van der Waals surface area contributed by atoms with E-state index in [0.29, 0.717) is 0 Å². The third-order valence-corrected chi connectivity index (χ3v) is 2.35. The van der Waals surface area contributed by atoms with Crippen molar-refractivity contribution in [2.24, 2.45) is 5.73 Å². The second kappa shape index (κ2) is 2.90. The van der Waals surface area contributed by atoms with Crippen LogP contribution in [0.2, 0.25) is 0 Å². The smallest absolute Gasteiger partial charge is 0.190 e. The van der Waals surface area contributed by atoms with Crippen LogP contribution >= 0.6 is 0 Å². The molecule has 2 heterocycles. The molecule has 2 aliphatic heterocycles. The summed E-state index contributed by atoms with van der Waals surface area (Å²) in [6, 6.07) is 0. The summed E-state index contributed by atoms with van der Waals surface area (Å²) in [5, 5.41) is 9.68. The summed E-state index contributed by atoms with van der Waals surface area (Å²) in [5.41, 5.74) is 5.40. The molecule has 0 aliphatic carbocycles. The number of hydrogen-bond acceptors (Lipinski definition) is 5. The van der Waals surface area contributed by atoms with E-state index in [1.54, 1.807) is 13.8 Å². The molecular weight excluding hydrogens is 174 g/mol. The highest BCUT2D eigenvalue weighted by molar-refractivity contribution is 4.92. The topological polar surface area (TPSA) is 73.9 Å². The minimum atomic E-state index is -0.684. The van der Waals surface area contributed by atoms with Crippen LogP contribution in [0.3, 0.4) is 0 Å². The van der Waals surface area contributed by atoms with Gasteiger partial charge in [-0.1, -0.05) is 0 Å². The summed E-state index contributed by atoms with van der Waals surface area (Å²) >= 11 is 0. The van der Waals surface area contributed by atoms with Gasteiger partial charge < -0.3 is 25.1 Å². The molecule has 0 radical (unpaired) electrons. The summed E-state index contributed by atoms with van der Waals surface area (Å²) in [6.07, 6.45) is -1.93. The van der Waals surface area contributed by atoms with Crippen LogP contribution in [0.25, 0.3) is 0 Å². The predicted molar refractivity (Wildman–Crippen MR) is 43.8 cm³/mol. The minimum absolute atomic E-state index is 0.279. The number of fused-ring (bicyclic) bond motifs is 1. The van der Waals surface area contributed by atoms with Crippen molar-refractivity contribution < 1.29 is 19.3 Å². The van der Waals surface area contributed by atoms with Crippen LogP contribution in [-0.2, 0) is 14.2 Å². The van der Waals surface area contributed by atoms with Gasteiger partial charge >= 0.3 is 0 Å². The Hall–Kier alpha value is -0.200. The molecule has 4 atom stereocenters. The lowest BCUT2D eigenvalue weighted by Gasteiger charge is -2.22. The second-order valence-corrected chi connectivity index (χ2v) is 3.87. The molecule has 5 heteroatoms. The molecular formula is C8H15NO4. The highest BCUT2D eigenvalue weighted by atomic mass is 16.8. The fraction of sp³-hybridized carbons (Fsp3) is 1.00. The van der Waals surface area contributed by atoms with Gasteiger partial charge in [-0.25, -0.2) is 0 Å². The van der Waals surface area contributed by atoms with Gasteiger partial charge in [0.15, 0.2) is 12.1 Å². The van der Waals surface area contributed by atoms with Crippen molar-refractivity contribution in [3.63, 3.8) is 0 Å². The Morgan fingerprint density at radius 1 is 1.38 bits per heavy atom. The van der Waals surface area contributed by atoms with Gasteiger partial charge in [0, 0.05) is 6.54 Å². The van der Waals surface area contributed by atoms with E-state index >= 15 is 0 Å². The molecule has 0 spiro atoms. The van der Waals surface area contributed by atoms with Crippen molar-refractivity contribution >= 4 is 0 Å². The second-order valence-electron chi connectivity index (χ2n) is 3.87. The van der Waals surface area contributed by atoms with Crippen LogP contribution in [0.1, 0.15) is 13.8 Å². The van der Waals surface area contributed by atoms with Gasteiger partial charge in [0.2, 0.25) is 0 Å². The minimum Gasteiger partial charge on any atom is -0.387 e. The normalized spacial score (nSPS) is 48.0. The summed E-state index contributed by atoms with van der Waals surface area (Å²) in [5.74, 6) is -0.671. The first kappa shape index (κ1) is 9.36. The molecule has 3 N–H and O–H groups in total. The molecule has 2 fully saturated rings. The van der Waals surface area contributed by atoms with E-state index in [4.69, 9.17) is 19.9 Å². The number of hydrogen-bond donors (Lipinski definition) is 2. The number of rotatable bonds is 1. The number of nitrogens with two attached hydrogens (primary N) is 1. The predicted octanol–water partition coefficient (Wildman–Crippen LogP) is -0.818. The molecule has 0 aromatic carbocycles. The molecule has 0 amide bonds. The lowest BCUT2D eigenvalue weighted by Crippen LogP contribution is -2.38. The monoisotopic (exact) mass is 189 g/mol. The summed E-state index contributed by atoms with van der Waals surface area (Å²) < 4.78 is 16.2. The first-order chi connectivity index (χ1) is 6.03. The molecule has 76 valence electrons. The molecule has 13 heavy (non-hydrogen) atoms. The molecule has 5 nitrogen and oxygen atoms in total. The number of aliphatic hydroxyl groups is 1. The molecule has 0 aromatic rings. The van der Waals surface area contributed by atoms with Gasteiger partial charge in [-0.05, 0) is 13.8 Å². The van der Waals surface area contributed by atoms with Crippen molar-refractivity contribution in [1.29, 1.82) is 0 Å². The van der Waals surface area contributed by atoms with E-state index in [1.807, 2.05) is 0 Å². The van der Waals surface area contributed by atoms with Gasteiger partial charge in [0.05, 0.1) is 0 Å². The fourth-order valence-electron chi connectivity index (χ4n) is 1.75. The van der Waals surface area contributed by atoms with Gasteiger partial charge in [-0.2, -0.15) is 0 Å². The quantitative estimate of drug-likeness (QED) is 0.564. The molecule has 1 unspecified atom stereocenters. The lowest BCUT2D eigenvalue weighted by atomic mass is 10.1. The van der Waals surface area contributed by atoms with Gasteiger partial charge in [-0.15, -0.1) is 0 Å². The zero-order valence-electron chi connectivity index (χ0n) is 7.77. The van der Waals surface area contributed by atoms with E-state index in [1.165, 1.54) is 0 Å². The molecule has 2 aliphatic rings. The van der Waals surface area contributed by atoms with Crippen LogP contribution in [0.4, 0.5) is 0 Å². The van der Waals surface area contributed by atoms with E-state index in [2.05, 4.69) is 0 Å². The Kier molecular flexibility index (Phi) is 2.08. The summed E-state index contributed by atoms with van der Waals surface area (Å²) in [4.78, 5) is 0. The van der Waals surface area contributed by atoms with Crippen molar-refractivity contribution in [3.05, 3.63) is 0 Å². The largest absolute Gasteiger partial charge is 0.387 e. The SMILES string of the molecule is CC1(C)O[C@H]2O[C@H](CN)C(O)[C@H]2O1. The van der Waals surface area contributed by atoms with Gasteiger partial charge in [-0.3, -0.25) is 0 Å². The number of aliphatic hydroxyl groups excluding tert-OH is 1. The van der Waals surface area contributed by atoms with Crippen molar-refractivity contribution in [3.8, 4) is 0 Å². The average Bonchev–Trinajstić information content (AvgIpc) is 2.47. The molecule has 0 aromatic heterocycles. The Morgan fingerprint density at radius 3 is 2.62 bits per heavy atom. The van der Waals surface area contributed by atoms with Crippen LogP contribution in [0, 0.1) is 0 Å². The van der Waals surface area contributed by atoms with Gasteiger partial charge in [0.1, 0.15) is 18.3 Å². The first-order valence-electron chi connectivity index (χ1n) is 4.43. The Balaban J connectivity index is 2.07. The van der Waals surface area contributed by atoms with Crippen molar-refractivity contribution in [2.45, 2.75) is 44.2 Å². The van der Waals surface area contributed by atoms with Crippen molar-refractivity contribution in [1.82, 2.24) is 0 Å². The third kappa shape index (κ3) is 1.47. The molecule has 0 saturated carbocycles. The average molecular weight is 189 g/mol. The maximum Gasteiger partial charge on any atom is 0.190 e. The Bertz CT molecular complexity index is 208. The van der Waals surface area contributed by atoms with Crippen LogP contribution in [0.15, 0.2) is 0 Å². The lowest BCUT2D eigenvalue weighted by molar-refractivity contribution is -0.213.